The van der Waals surface area contributed by atoms with E-state index < -0.39 is 0 Å². The van der Waals surface area contributed by atoms with Gasteiger partial charge in [-0.1, -0.05) is 6.92 Å². The summed E-state index contributed by atoms with van der Waals surface area (Å²) in [6, 6.07) is 2.15. The van der Waals surface area contributed by atoms with Gasteiger partial charge in [-0.05, 0) is 25.0 Å². The Labute approximate surface area is 65.3 Å². The van der Waals surface area contributed by atoms with Gasteiger partial charge >= 0.3 is 0 Å². The summed E-state index contributed by atoms with van der Waals surface area (Å²) in [6.45, 7) is 4.38. The smallest absolute Gasteiger partial charge is 0.0777 e. The van der Waals surface area contributed by atoms with Crippen molar-refractivity contribution in [1.29, 1.82) is 0 Å². The monoisotopic (exact) mass is 156 g/mol. The van der Waals surface area contributed by atoms with Crippen LogP contribution < -0.4 is 0 Å². The van der Waals surface area contributed by atoms with Crippen LogP contribution >= 0.6 is 11.3 Å². The van der Waals surface area contributed by atoms with Gasteiger partial charge in [0.1, 0.15) is 0 Å². The molecule has 1 nitrogen and oxygen atoms in total. The lowest BCUT2D eigenvalue weighted by atomic mass is 10.2. The highest BCUT2D eigenvalue weighted by Crippen LogP contribution is 2.21. The highest BCUT2D eigenvalue weighted by Gasteiger charge is 2.02. The van der Waals surface area contributed by atoms with Crippen molar-refractivity contribution in [1.82, 2.24) is 0 Å². The highest BCUT2D eigenvalue weighted by molar-refractivity contribution is 7.12. The summed E-state index contributed by atoms with van der Waals surface area (Å²) in [4.78, 5) is 2.42. The molecular formula is C8H12OS. The summed E-state index contributed by atoms with van der Waals surface area (Å²) in [7, 11) is 0. The minimum absolute atomic E-state index is 0.196. The maximum absolute atomic E-state index is 8.87. The molecule has 0 amide bonds. The van der Waals surface area contributed by atoms with Gasteiger partial charge in [0.2, 0.25) is 0 Å². The van der Waals surface area contributed by atoms with Crippen LogP contribution in [-0.4, -0.2) is 5.11 Å². The van der Waals surface area contributed by atoms with E-state index in [-0.39, 0.29) is 6.61 Å². The van der Waals surface area contributed by atoms with Crippen LogP contribution in [0.25, 0.3) is 0 Å². The second-order valence-electron chi connectivity index (χ2n) is 2.32. The number of aliphatic hydroxyl groups excluding tert-OH is 1. The summed E-state index contributed by atoms with van der Waals surface area (Å²) in [6.07, 6.45) is 1.03. The quantitative estimate of drug-likeness (QED) is 0.695. The van der Waals surface area contributed by atoms with Crippen LogP contribution in [0.3, 0.4) is 0 Å². The number of rotatable bonds is 2. The molecule has 0 saturated heterocycles. The third kappa shape index (κ3) is 1.39. The molecule has 1 rings (SSSR count). The van der Waals surface area contributed by atoms with Crippen LogP contribution in [-0.2, 0) is 13.0 Å². The van der Waals surface area contributed by atoms with Gasteiger partial charge in [-0.3, -0.25) is 0 Å². The Balaban J connectivity index is 2.96. The molecule has 0 saturated carbocycles. The minimum Gasteiger partial charge on any atom is -0.391 e. The number of hydrogen-bond acceptors (Lipinski definition) is 2. The topological polar surface area (TPSA) is 20.2 Å². The van der Waals surface area contributed by atoms with Crippen molar-refractivity contribution in [2.24, 2.45) is 0 Å². The van der Waals surface area contributed by atoms with E-state index in [0.717, 1.165) is 11.3 Å². The minimum atomic E-state index is 0.196. The zero-order valence-electron chi connectivity index (χ0n) is 6.35. The first-order valence-electron chi connectivity index (χ1n) is 3.47. The maximum atomic E-state index is 8.87. The molecule has 1 aromatic heterocycles. The predicted molar refractivity (Wildman–Crippen MR) is 44.4 cm³/mol. The lowest BCUT2D eigenvalue weighted by molar-refractivity contribution is 0.284. The van der Waals surface area contributed by atoms with Gasteiger partial charge in [0.05, 0.1) is 6.61 Å². The standard InChI is InChI=1S/C8H12OS/c1-3-7-4-6(2)10-8(7)5-9/h4,9H,3,5H2,1-2H3. The molecule has 56 valence electrons. The van der Waals surface area contributed by atoms with Gasteiger partial charge in [-0.25, -0.2) is 0 Å². The summed E-state index contributed by atoms with van der Waals surface area (Å²) in [5, 5.41) is 8.87. The first-order valence-corrected chi connectivity index (χ1v) is 4.28. The number of hydrogen-bond donors (Lipinski definition) is 1. The number of thiophene rings is 1. The van der Waals surface area contributed by atoms with Gasteiger partial charge in [-0.2, -0.15) is 0 Å². The molecule has 0 fully saturated rings. The highest BCUT2D eigenvalue weighted by atomic mass is 32.1. The summed E-state index contributed by atoms with van der Waals surface area (Å²) in [5.41, 5.74) is 1.30. The van der Waals surface area contributed by atoms with Crippen molar-refractivity contribution in [3.63, 3.8) is 0 Å². The molecule has 2 heteroatoms. The Morgan fingerprint density at radius 1 is 1.60 bits per heavy atom. The summed E-state index contributed by atoms with van der Waals surface area (Å²) >= 11 is 1.69. The fourth-order valence-electron chi connectivity index (χ4n) is 1.05. The molecule has 1 N–H and O–H groups in total. The van der Waals surface area contributed by atoms with E-state index >= 15 is 0 Å². The van der Waals surface area contributed by atoms with Crippen molar-refractivity contribution in [2.45, 2.75) is 26.9 Å². The third-order valence-corrected chi connectivity index (χ3v) is 2.62. The van der Waals surface area contributed by atoms with Crippen LogP contribution in [0.5, 0.6) is 0 Å². The molecule has 0 aromatic carbocycles. The van der Waals surface area contributed by atoms with Crippen LogP contribution in [0.4, 0.5) is 0 Å². The molecule has 10 heavy (non-hydrogen) atoms. The van der Waals surface area contributed by atoms with E-state index in [9.17, 15) is 0 Å². The lowest BCUT2D eigenvalue weighted by Crippen LogP contribution is -1.83. The van der Waals surface area contributed by atoms with E-state index in [4.69, 9.17) is 5.11 Å². The van der Waals surface area contributed by atoms with Gasteiger partial charge in [0, 0.05) is 9.75 Å². The van der Waals surface area contributed by atoms with Gasteiger partial charge in [-0.15, -0.1) is 11.3 Å². The molecule has 0 unspecified atom stereocenters. The molecule has 0 spiro atoms. The number of aliphatic hydroxyl groups is 1. The third-order valence-electron chi connectivity index (χ3n) is 1.54. The molecule has 0 aliphatic rings. The van der Waals surface area contributed by atoms with E-state index in [1.165, 1.54) is 10.4 Å². The Kier molecular flexibility index (Phi) is 2.46. The molecule has 1 aromatic rings. The molecular weight excluding hydrogens is 144 g/mol. The Bertz CT molecular complexity index is 194. The van der Waals surface area contributed by atoms with Crippen LogP contribution in [0, 0.1) is 6.92 Å². The van der Waals surface area contributed by atoms with Crippen molar-refractivity contribution in [2.75, 3.05) is 0 Å². The fourth-order valence-corrected chi connectivity index (χ4v) is 2.04. The lowest BCUT2D eigenvalue weighted by Gasteiger charge is -1.92. The normalized spacial score (nSPS) is 10.3. The first kappa shape index (κ1) is 7.76. The second-order valence-corrected chi connectivity index (χ2v) is 3.66. The molecule has 0 aliphatic heterocycles. The van der Waals surface area contributed by atoms with Crippen molar-refractivity contribution >= 4 is 11.3 Å². The zero-order chi connectivity index (χ0) is 7.56. The SMILES string of the molecule is CCc1cc(C)sc1CO. The van der Waals surface area contributed by atoms with Crippen LogP contribution in [0.15, 0.2) is 6.07 Å². The second kappa shape index (κ2) is 3.17. The van der Waals surface area contributed by atoms with Crippen LogP contribution in [0.2, 0.25) is 0 Å². The van der Waals surface area contributed by atoms with Gasteiger partial charge in [0.15, 0.2) is 0 Å². The van der Waals surface area contributed by atoms with E-state index in [1.54, 1.807) is 11.3 Å². The Morgan fingerprint density at radius 3 is 2.70 bits per heavy atom. The van der Waals surface area contributed by atoms with Crippen molar-refractivity contribution in [3.8, 4) is 0 Å². The van der Waals surface area contributed by atoms with Crippen molar-refractivity contribution < 1.29 is 5.11 Å². The van der Waals surface area contributed by atoms with E-state index in [2.05, 4.69) is 19.9 Å². The molecule has 0 atom stereocenters. The maximum Gasteiger partial charge on any atom is 0.0777 e. The summed E-state index contributed by atoms with van der Waals surface area (Å²) < 4.78 is 0. The van der Waals surface area contributed by atoms with Gasteiger partial charge in [0.25, 0.3) is 0 Å². The Hall–Kier alpha value is -0.340. The van der Waals surface area contributed by atoms with E-state index in [0.29, 0.717) is 0 Å². The average Bonchev–Trinajstić information content (AvgIpc) is 2.30. The molecule has 1 heterocycles. The van der Waals surface area contributed by atoms with Gasteiger partial charge < -0.3 is 5.11 Å². The van der Waals surface area contributed by atoms with E-state index in [1.807, 2.05) is 0 Å². The molecule has 0 bridgehead atoms. The van der Waals surface area contributed by atoms with Crippen LogP contribution in [0.1, 0.15) is 22.2 Å². The Morgan fingerprint density at radius 2 is 2.30 bits per heavy atom. The zero-order valence-corrected chi connectivity index (χ0v) is 7.16. The largest absolute Gasteiger partial charge is 0.391 e. The number of aryl methyl sites for hydroxylation is 2. The van der Waals surface area contributed by atoms with Crippen molar-refractivity contribution in [3.05, 3.63) is 21.4 Å². The average molecular weight is 156 g/mol. The summed E-state index contributed by atoms with van der Waals surface area (Å²) in [5.74, 6) is 0. The predicted octanol–water partition coefficient (Wildman–Crippen LogP) is 2.11. The molecule has 0 radical (unpaired) electrons. The first-order chi connectivity index (χ1) is 4.77. The molecule has 0 aliphatic carbocycles. The fraction of sp³-hybridized carbons (Fsp3) is 0.500.